The molecule has 1 aromatic carbocycles. The van der Waals surface area contributed by atoms with Gasteiger partial charge in [-0.1, -0.05) is 6.07 Å². The second kappa shape index (κ2) is 5.54. The van der Waals surface area contributed by atoms with Crippen LogP contribution in [0.3, 0.4) is 0 Å². The highest BCUT2D eigenvalue weighted by atomic mass is 79.9. The molecule has 2 N–H and O–H groups in total. The van der Waals surface area contributed by atoms with Crippen molar-refractivity contribution in [2.24, 2.45) is 0 Å². The van der Waals surface area contributed by atoms with Crippen molar-refractivity contribution in [3.63, 3.8) is 0 Å². The zero-order valence-electron chi connectivity index (χ0n) is 13.4. The third-order valence-corrected chi connectivity index (χ3v) is 7.11. The molecule has 1 aromatic rings. The van der Waals surface area contributed by atoms with Crippen LogP contribution in [-0.2, 0) is 9.59 Å². The average Bonchev–Trinajstić information content (AvgIpc) is 2.80. The van der Waals surface area contributed by atoms with Crippen molar-refractivity contribution in [1.82, 2.24) is 9.80 Å². The number of carboxylic acids is 1. The fourth-order valence-corrected chi connectivity index (χ4v) is 5.69. The van der Waals surface area contributed by atoms with E-state index in [1.807, 2.05) is 0 Å². The number of hydrogen-bond acceptors (Lipinski definition) is 6. The molecule has 3 aliphatic heterocycles. The summed E-state index contributed by atoms with van der Waals surface area (Å²) < 4.78 is 0.460. The predicted molar refractivity (Wildman–Crippen MR) is 93.6 cm³/mol. The molecule has 3 aliphatic rings. The van der Waals surface area contributed by atoms with Crippen molar-refractivity contribution < 1.29 is 29.4 Å². The zero-order valence-corrected chi connectivity index (χ0v) is 15.8. The number of aliphatic hydroxyl groups is 1. The van der Waals surface area contributed by atoms with Crippen molar-refractivity contribution in [2.45, 2.75) is 30.0 Å². The topological polar surface area (TPSA) is 115 Å². The fourth-order valence-electron chi connectivity index (χ4n) is 3.69. The number of thioether (sulfide) groups is 1. The second-order valence-corrected chi connectivity index (χ2v) is 8.59. The lowest BCUT2D eigenvalue weighted by Gasteiger charge is -2.57. The summed E-state index contributed by atoms with van der Waals surface area (Å²) >= 11 is 4.41. The number of rotatable bonds is 2. The molecular weight excluding hydrogens is 428 g/mol. The first-order chi connectivity index (χ1) is 12.2. The number of hydrogen-bond donors (Lipinski definition) is 2. The monoisotopic (exact) mass is 440 g/mol. The largest absolute Gasteiger partial charge is 0.480 e. The molecule has 3 amide bonds. The van der Waals surface area contributed by atoms with Gasteiger partial charge in [0.25, 0.3) is 17.7 Å². The van der Waals surface area contributed by atoms with Gasteiger partial charge in [-0.2, -0.15) is 0 Å². The number of fused-ring (bicyclic) bond motifs is 2. The van der Waals surface area contributed by atoms with Gasteiger partial charge >= 0.3 is 5.97 Å². The number of carboxylic acid groups (broad SMARTS) is 1. The Balaban J connectivity index is 1.69. The number of β-lactam (4-membered cyclic amide) rings is 1. The molecule has 3 heterocycles. The molecule has 2 fully saturated rings. The Bertz CT molecular complexity index is 887. The molecule has 0 aromatic heterocycles. The summed E-state index contributed by atoms with van der Waals surface area (Å²) in [6.07, 6.45) is 0. The minimum atomic E-state index is -1.60. The van der Waals surface area contributed by atoms with E-state index < -0.39 is 46.7 Å². The van der Waals surface area contributed by atoms with E-state index in [0.29, 0.717) is 4.47 Å². The van der Waals surface area contributed by atoms with Crippen molar-refractivity contribution in [2.75, 3.05) is 5.75 Å². The number of imide groups is 1. The molecule has 2 saturated heterocycles. The van der Waals surface area contributed by atoms with Gasteiger partial charge in [0.2, 0.25) is 0 Å². The lowest BCUT2D eigenvalue weighted by Crippen LogP contribution is -2.79. The van der Waals surface area contributed by atoms with Crippen LogP contribution in [0, 0.1) is 0 Å². The first-order valence-corrected chi connectivity index (χ1v) is 9.56. The van der Waals surface area contributed by atoms with Gasteiger partial charge in [0.1, 0.15) is 17.0 Å². The molecule has 0 aliphatic carbocycles. The summed E-state index contributed by atoms with van der Waals surface area (Å²) in [5, 5.41) is 19.1. The summed E-state index contributed by atoms with van der Waals surface area (Å²) in [4.78, 5) is 51.7. The maximum absolute atomic E-state index is 12.8. The normalized spacial score (nSPS) is 33.0. The highest BCUT2D eigenvalue weighted by molar-refractivity contribution is 9.10. The number of benzene rings is 1. The molecule has 2 unspecified atom stereocenters. The molecule has 8 nitrogen and oxygen atoms in total. The first kappa shape index (κ1) is 17.5. The molecule has 0 saturated carbocycles. The van der Waals surface area contributed by atoms with E-state index in [2.05, 4.69) is 15.9 Å². The van der Waals surface area contributed by atoms with Gasteiger partial charge in [0, 0.05) is 10.2 Å². The maximum atomic E-state index is 12.8. The van der Waals surface area contributed by atoms with E-state index in [1.165, 1.54) is 13.0 Å². The third kappa shape index (κ3) is 2.12. The smallest absolute Gasteiger partial charge is 0.329 e. The molecular formula is C16H13BrN2O6S. The van der Waals surface area contributed by atoms with Crippen LogP contribution < -0.4 is 0 Å². The van der Waals surface area contributed by atoms with E-state index in [1.54, 1.807) is 12.1 Å². The number of carbonyl (C=O) groups is 4. The Morgan fingerprint density at radius 1 is 1.31 bits per heavy atom. The predicted octanol–water partition coefficient (Wildman–Crippen LogP) is 0.533. The molecule has 10 heteroatoms. The SMILES string of the molecule is C[C@@]1(O)CS[C@H]2C(N3C(=O)c4cccc(Br)c4C3=O)C(=O)N2C1C(=O)O. The molecule has 4 atom stereocenters. The number of carbonyl (C=O) groups excluding carboxylic acids is 3. The Morgan fingerprint density at radius 2 is 2.00 bits per heavy atom. The average molecular weight is 441 g/mol. The Labute approximate surface area is 160 Å². The van der Waals surface area contributed by atoms with E-state index in [-0.39, 0.29) is 16.9 Å². The van der Waals surface area contributed by atoms with Crippen LogP contribution in [0.15, 0.2) is 22.7 Å². The van der Waals surface area contributed by atoms with E-state index in [4.69, 9.17) is 0 Å². The standard InChI is InChI=1S/C16H13BrN2O6S/c1-16(25)5-26-14-9(13(22)19(14)10(16)15(23)24)18-11(20)6-3-2-4-7(17)8(6)12(18)21/h2-4,9-10,14,25H,5H2,1H3,(H,23,24)/t9?,10?,14-,16+/m0/s1. The second-order valence-electron chi connectivity index (χ2n) is 6.63. The molecule has 4 rings (SSSR count). The van der Waals surface area contributed by atoms with Crippen LogP contribution in [0.2, 0.25) is 0 Å². The summed E-state index contributed by atoms with van der Waals surface area (Å²) in [7, 11) is 0. The molecule has 0 bridgehead atoms. The van der Waals surface area contributed by atoms with Gasteiger partial charge in [-0.25, -0.2) is 4.79 Å². The summed E-state index contributed by atoms with van der Waals surface area (Å²) in [5.41, 5.74) is -1.19. The minimum absolute atomic E-state index is 0.0712. The van der Waals surface area contributed by atoms with Gasteiger partial charge in [0.15, 0.2) is 6.04 Å². The molecule has 0 spiro atoms. The molecule has 0 radical (unpaired) electrons. The van der Waals surface area contributed by atoms with Crippen LogP contribution in [-0.4, -0.2) is 72.5 Å². The van der Waals surface area contributed by atoms with Gasteiger partial charge in [-0.15, -0.1) is 11.8 Å². The van der Waals surface area contributed by atoms with Gasteiger partial charge in [-0.05, 0) is 35.0 Å². The molecule has 26 heavy (non-hydrogen) atoms. The summed E-state index contributed by atoms with van der Waals surface area (Å²) in [6.45, 7) is 1.36. The Morgan fingerprint density at radius 3 is 2.62 bits per heavy atom. The van der Waals surface area contributed by atoms with Gasteiger partial charge in [-0.3, -0.25) is 19.3 Å². The Kier molecular flexibility index (Phi) is 3.73. The lowest BCUT2D eigenvalue weighted by molar-refractivity contribution is -0.176. The number of amides is 3. The Hall–Kier alpha value is -1.91. The van der Waals surface area contributed by atoms with Crippen molar-refractivity contribution in [1.29, 1.82) is 0 Å². The van der Waals surface area contributed by atoms with Gasteiger partial charge in [0.05, 0.1) is 11.1 Å². The minimum Gasteiger partial charge on any atom is -0.480 e. The first-order valence-electron chi connectivity index (χ1n) is 7.72. The highest BCUT2D eigenvalue weighted by Crippen LogP contribution is 2.46. The summed E-state index contributed by atoms with van der Waals surface area (Å²) in [5.74, 6) is -3.06. The van der Waals surface area contributed by atoms with Crippen molar-refractivity contribution in [3.8, 4) is 0 Å². The maximum Gasteiger partial charge on any atom is 0.329 e. The van der Waals surface area contributed by atoms with Gasteiger partial charge < -0.3 is 15.1 Å². The highest BCUT2D eigenvalue weighted by Gasteiger charge is 2.64. The summed E-state index contributed by atoms with van der Waals surface area (Å²) in [6, 6.07) is 2.28. The van der Waals surface area contributed by atoms with Crippen molar-refractivity contribution in [3.05, 3.63) is 33.8 Å². The number of aliphatic carboxylic acids is 1. The third-order valence-electron chi connectivity index (χ3n) is 4.87. The zero-order chi connectivity index (χ0) is 19.0. The number of halogens is 1. The quantitative estimate of drug-likeness (QED) is 0.508. The molecule has 136 valence electrons. The van der Waals surface area contributed by atoms with E-state index in [9.17, 15) is 29.4 Å². The van der Waals surface area contributed by atoms with Crippen LogP contribution in [0.25, 0.3) is 0 Å². The lowest BCUT2D eigenvalue weighted by atomic mass is 9.91. The van der Waals surface area contributed by atoms with Crippen molar-refractivity contribution >= 4 is 51.4 Å². The van der Waals surface area contributed by atoms with Crippen LogP contribution >= 0.6 is 27.7 Å². The van der Waals surface area contributed by atoms with E-state index in [0.717, 1.165) is 21.6 Å². The van der Waals surface area contributed by atoms with Crippen LogP contribution in [0.4, 0.5) is 0 Å². The number of nitrogens with zero attached hydrogens (tertiary/aromatic N) is 2. The van der Waals surface area contributed by atoms with E-state index >= 15 is 0 Å². The fraction of sp³-hybridized carbons (Fsp3) is 0.375. The van der Waals surface area contributed by atoms with Crippen LogP contribution in [0.1, 0.15) is 27.6 Å². The van der Waals surface area contributed by atoms with Crippen LogP contribution in [0.5, 0.6) is 0 Å².